The molecule has 1 heterocycles. The van der Waals surface area contributed by atoms with Crippen LogP contribution in [0.1, 0.15) is 5.69 Å². The third-order valence-corrected chi connectivity index (χ3v) is 1.66. The summed E-state index contributed by atoms with van der Waals surface area (Å²) >= 11 is 0. The predicted octanol–water partition coefficient (Wildman–Crippen LogP) is 0.768. The molecule has 0 aliphatic heterocycles. The summed E-state index contributed by atoms with van der Waals surface area (Å²) in [6.45, 7) is 1.01. The number of pyridine rings is 1. The Hall–Kier alpha value is -1.09. The van der Waals surface area contributed by atoms with Gasteiger partial charge in [0, 0.05) is 30.5 Å². The van der Waals surface area contributed by atoms with Gasteiger partial charge in [0.2, 0.25) is 0 Å². The molecule has 1 rings (SSSR count). The molecule has 12 heavy (non-hydrogen) atoms. The van der Waals surface area contributed by atoms with E-state index in [1.165, 1.54) is 0 Å². The van der Waals surface area contributed by atoms with E-state index in [1.807, 2.05) is 20.2 Å². The molecule has 0 amide bonds. The summed E-state index contributed by atoms with van der Waals surface area (Å²) in [5.41, 5.74) is 7.46. The van der Waals surface area contributed by atoms with E-state index in [2.05, 4.69) is 9.88 Å². The van der Waals surface area contributed by atoms with Crippen molar-refractivity contribution >= 4 is 5.69 Å². The third-order valence-electron chi connectivity index (χ3n) is 1.66. The molecule has 0 aliphatic carbocycles. The minimum atomic E-state index is 0.791. The van der Waals surface area contributed by atoms with Gasteiger partial charge < -0.3 is 10.6 Å². The fraction of sp³-hybridized carbons (Fsp3) is 0.444. The van der Waals surface area contributed by atoms with Crippen LogP contribution in [0.25, 0.3) is 0 Å². The quantitative estimate of drug-likeness (QED) is 0.719. The Labute approximate surface area is 73.2 Å². The maximum Gasteiger partial charge on any atom is 0.0436 e. The number of aromatic nitrogens is 1. The molecule has 0 fully saturated rings. The first-order valence-electron chi connectivity index (χ1n) is 4.03. The van der Waals surface area contributed by atoms with Gasteiger partial charge in [-0.25, -0.2) is 0 Å². The lowest BCUT2D eigenvalue weighted by molar-refractivity contribution is 0.412. The summed E-state index contributed by atoms with van der Waals surface area (Å²) < 4.78 is 0. The first-order valence-corrected chi connectivity index (χ1v) is 4.03. The standard InChI is InChI=1S/C9H15N3/c1-12(2)6-4-9-7-8(10)3-5-11-9/h3,5,7H,4,6H2,1-2H3,(H2,10,11). The van der Waals surface area contributed by atoms with E-state index in [4.69, 9.17) is 5.73 Å². The van der Waals surface area contributed by atoms with Crippen molar-refractivity contribution in [3.63, 3.8) is 0 Å². The second-order valence-corrected chi connectivity index (χ2v) is 3.13. The summed E-state index contributed by atoms with van der Waals surface area (Å²) in [6, 6.07) is 3.72. The molecule has 0 saturated carbocycles. The Bertz CT molecular complexity index is 245. The van der Waals surface area contributed by atoms with Gasteiger partial charge in [-0.15, -0.1) is 0 Å². The minimum absolute atomic E-state index is 0.791. The van der Waals surface area contributed by atoms with Crippen molar-refractivity contribution in [3.8, 4) is 0 Å². The third kappa shape index (κ3) is 2.88. The molecular weight excluding hydrogens is 150 g/mol. The van der Waals surface area contributed by atoms with Gasteiger partial charge in [-0.05, 0) is 26.2 Å². The maximum atomic E-state index is 5.61. The van der Waals surface area contributed by atoms with Crippen LogP contribution < -0.4 is 5.73 Å². The monoisotopic (exact) mass is 165 g/mol. The second kappa shape index (κ2) is 4.07. The Morgan fingerprint density at radius 1 is 1.50 bits per heavy atom. The summed E-state index contributed by atoms with van der Waals surface area (Å²) in [4.78, 5) is 6.33. The normalized spacial score (nSPS) is 10.6. The van der Waals surface area contributed by atoms with Crippen molar-refractivity contribution in [3.05, 3.63) is 24.0 Å². The highest BCUT2D eigenvalue weighted by Gasteiger charge is 1.95. The van der Waals surface area contributed by atoms with Crippen LogP contribution >= 0.6 is 0 Å². The number of hydrogen-bond donors (Lipinski definition) is 1. The van der Waals surface area contributed by atoms with Crippen molar-refractivity contribution < 1.29 is 0 Å². The Morgan fingerprint density at radius 3 is 2.83 bits per heavy atom. The number of nitrogen functional groups attached to an aromatic ring is 1. The predicted molar refractivity (Wildman–Crippen MR) is 50.9 cm³/mol. The number of likely N-dealkylation sites (N-methyl/N-ethyl adjacent to an activating group) is 1. The van der Waals surface area contributed by atoms with E-state index in [0.717, 1.165) is 24.3 Å². The van der Waals surface area contributed by atoms with Crippen molar-refractivity contribution in [2.24, 2.45) is 0 Å². The number of anilines is 1. The van der Waals surface area contributed by atoms with Gasteiger partial charge in [-0.1, -0.05) is 0 Å². The van der Waals surface area contributed by atoms with Crippen LogP contribution in [0, 0.1) is 0 Å². The lowest BCUT2D eigenvalue weighted by atomic mass is 10.2. The molecule has 0 bridgehead atoms. The van der Waals surface area contributed by atoms with E-state index in [-0.39, 0.29) is 0 Å². The van der Waals surface area contributed by atoms with Gasteiger partial charge >= 0.3 is 0 Å². The summed E-state index contributed by atoms with van der Waals surface area (Å²) in [6.07, 6.45) is 2.71. The van der Waals surface area contributed by atoms with Gasteiger partial charge in [-0.3, -0.25) is 4.98 Å². The van der Waals surface area contributed by atoms with E-state index >= 15 is 0 Å². The van der Waals surface area contributed by atoms with E-state index < -0.39 is 0 Å². The molecule has 0 aromatic carbocycles. The minimum Gasteiger partial charge on any atom is -0.399 e. The largest absolute Gasteiger partial charge is 0.399 e. The van der Waals surface area contributed by atoms with E-state index in [1.54, 1.807) is 12.3 Å². The van der Waals surface area contributed by atoms with Crippen molar-refractivity contribution in [1.82, 2.24) is 9.88 Å². The zero-order valence-electron chi connectivity index (χ0n) is 7.62. The molecule has 0 aliphatic rings. The summed E-state index contributed by atoms with van der Waals surface area (Å²) in [5, 5.41) is 0. The van der Waals surface area contributed by atoms with Gasteiger partial charge in [-0.2, -0.15) is 0 Å². The topological polar surface area (TPSA) is 42.1 Å². The number of hydrogen-bond acceptors (Lipinski definition) is 3. The van der Waals surface area contributed by atoms with Crippen LogP contribution in [0.4, 0.5) is 5.69 Å². The molecule has 1 aromatic heterocycles. The molecule has 2 N–H and O–H groups in total. The smallest absolute Gasteiger partial charge is 0.0436 e. The van der Waals surface area contributed by atoms with Crippen LogP contribution in [0.15, 0.2) is 18.3 Å². The molecule has 0 spiro atoms. The van der Waals surface area contributed by atoms with Crippen LogP contribution in [-0.4, -0.2) is 30.5 Å². The number of rotatable bonds is 3. The molecule has 0 saturated heterocycles. The Morgan fingerprint density at radius 2 is 2.25 bits per heavy atom. The lowest BCUT2D eigenvalue weighted by Gasteiger charge is -2.08. The van der Waals surface area contributed by atoms with E-state index in [9.17, 15) is 0 Å². The molecule has 1 aromatic rings. The van der Waals surface area contributed by atoms with Crippen molar-refractivity contribution in [2.45, 2.75) is 6.42 Å². The second-order valence-electron chi connectivity index (χ2n) is 3.13. The molecule has 66 valence electrons. The molecule has 0 radical (unpaired) electrons. The van der Waals surface area contributed by atoms with Crippen LogP contribution in [0.5, 0.6) is 0 Å². The SMILES string of the molecule is CN(C)CCc1cc(N)ccn1. The Kier molecular flexibility index (Phi) is 3.05. The number of nitrogens with zero attached hydrogens (tertiary/aromatic N) is 2. The highest BCUT2D eigenvalue weighted by Crippen LogP contribution is 2.03. The zero-order chi connectivity index (χ0) is 8.97. The van der Waals surface area contributed by atoms with Gasteiger partial charge in [0.25, 0.3) is 0 Å². The van der Waals surface area contributed by atoms with Crippen molar-refractivity contribution in [2.75, 3.05) is 26.4 Å². The first kappa shape index (κ1) is 9.00. The molecule has 0 unspecified atom stereocenters. The highest BCUT2D eigenvalue weighted by atomic mass is 15.0. The highest BCUT2D eigenvalue weighted by molar-refractivity contribution is 5.37. The first-order chi connectivity index (χ1) is 5.68. The maximum absolute atomic E-state index is 5.61. The average molecular weight is 165 g/mol. The van der Waals surface area contributed by atoms with Gasteiger partial charge in [0.05, 0.1) is 0 Å². The fourth-order valence-corrected chi connectivity index (χ4v) is 0.972. The van der Waals surface area contributed by atoms with Crippen LogP contribution in [-0.2, 0) is 6.42 Å². The van der Waals surface area contributed by atoms with Crippen molar-refractivity contribution in [1.29, 1.82) is 0 Å². The number of nitrogens with two attached hydrogens (primary N) is 1. The molecular formula is C9H15N3. The van der Waals surface area contributed by atoms with E-state index in [0.29, 0.717) is 0 Å². The molecule has 3 heteroatoms. The summed E-state index contributed by atoms with van der Waals surface area (Å²) in [5.74, 6) is 0. The van der Waals surface area contributed by atoms with Crippen LogP contribution in [0.2, 0.25) is 0 Å². The van der Waals surface area contributed by atoms with Gasteiger partial charge in [0.1, 0.15) is 0 Å². The summed E-state index contributed by atoms with van der Waals surface area (Å²) in [7, 11) is 4.10. The Balaban J connectivity index is 2.52. The van der Waals surface area contributed by atoms with Crippen LogP contribution in [0.3, 0.4) is 0 Å². The zero-order valence-corrected chi connectivity index (χ0v) is 7.62. The van der Waals surface area contributed by atoms with Gasteiger partial charge in [0.15, 0.2) is 0 Å². The fourth-order valence-electron chi connectivity index (χ4n) is 0.972. The molecule has 3 nitrogen and oxygen atoms in total. The average Bonchev–Trinajstić information content (AvgIpc) is 2.01. The molecule has 0 atom stereocenters. The lowest BCUT2D eigenvalue weighted by Crippen LogP contribution is -2.15.